The minimum atomic E-state index is -4.83. The smallest absolute Gasteiger partial charge is 0.406 e. The zero-order valence-corrected chi connectivity index (χ0v) is 17.1. The van der Waals surface area contributed by atoms with Crippen molar-refractivity contribution in [3.8, 4) is 5.75 Å². The minimum Gasteiger partial charge on any atom is -0.406 e. The van der Waals surface area contributed by atoms with Gasteiger partial charge in [0, 0.05) is 18.5 Å². The molecule has 0 bridgehead atoms. The number of likely N-dealkylation sites (N-methyl/N-ethyl adjacent to an activating group) is 1. The molecule has 0 unspecified atom stereocenters. The molecule has 2 N–H and O–H groups in total. The largest absolute Gasteiger partial charge is 0.573 e. The van der Waals surface area contributed by atoms with Crippen LogP contribution >= 0.6 is 0 Å². The second-order valence-corrected chi connectivity index (χ2v) is 6.94. The molecule has 0 saturated heterocycles. The summed E-state index contributed by atoms with van der Waals surface area (Å²) in [6.07, 6.45) is -4.83. The highest BCUT2D eigenvalue weighted by atomic mass is 19.4. The van der Waals surface area contributed by atoms with Gasteiger partial charge in [-0.2, -0.15) is 0 Å². The number of benzene rings is 3. The molecule has 32 heavy (non-hydrogen) atoms. The molecule has 0 radical (unpaired) electrons. The van der Waals surface area contributed by atoms with Gasteiger partial charge >= 0.3 is 6.36 Å². The number of hydrogen-bond acceptors (Lipinski definition) is 3. The van der Waals surface area contributed by atoms with Crippen LogP contribution in [0.15, 0.2) is 84.9 Å². The van der Waals surface area contributed by atoms with Gasteiger partial charge in [0.25, 0.3) is 5.91 Å². The van der Waals surface area contributed by atoms with Crippen LogP contribution < -0.4 is 15.4 Å². The van der Waals surface area contributed by atoms with E-state index in [-0.39, 0.29) is 5.56 Å². The topological polar surface area (TPSA) is 67.4 Å². The van der Waals surface area contributed by atoms with E-state index in [1.807, 2.05) is 60.7 Å². The predicted octanol–water partition coefficient (Wildman–Crippen LogP) is 4.26. The predicted molar refractivity (Wildman–Crippen MR) is 113 cm³/mol. The second-order valence-electron chi connectivity index (χ2n) is 6.94. The van der Waals surface area contributed by atoms with Gasteiger partial charge < -0.3 is 15.4 Å². The number of carbonyl (C=O) groups excluding carboxylic acids is 2. The van der Waals surface area contributed by atoms with Crippen molar-refractivity contribution in [1.29, 1.82) is 0 Å². The zero-order valence-electron chi connectivity index (χ0n) is 17.1. The van der Waals surface area contributed by atoms with Crippen LogP contribution in [0.25, 0.3) is 0 Å². The van der Waals surface area contributed by atoms with Crippen LogP contribution in [-0.2, 0) is 4.79 Å². The van der Waals surface area contributed by atoms with Crippen molar-refractivity contribution in [3.05, 3.63) is 102 Å². The standard InChI is InChI=1S/C24H21F3N2O3/c1-28-23(31)21(20(16-8-4-2-5-9-16)17-10-6-3-7-11-17)29-22(30)18-12-14-19(15-13-18)32-24(25,26)27/h2-15,20-21H,1H3,(H,28,31)(H,29,30)/t21-/m0/s1. The fraction of sp³-hybridized carbons (Fsp3) is 0.167. The van der Waals surface area contributed by atoms with Crippen LogP contribution in [0.5, 0.6) is 5.75 Å². The molecule has 0 aliphatic carbocycles. The van der Waals surface area contributed by atoms with E-state index >= 15 is 0 Å². The summed E-state index contributed by atoms with van der Waals surface area (Å²) in [5.74, 6) is -1.94. The molecule has 0 spiro atoms. The van der Waals surface area contributed by atoms with Crippen LogP contribution in [-0.4, -0.2) is 31.3 Å². The van der Waals surface area contributed by atoms with Crippen molar-refractivity contribution in [2.45, 2.75) is 18.3 Å². The van der Waals surface area contributed by atoms with Gasteiger partial charge in [0.15, 0.2) is 0 Å². The molecular weight excluding hydrogens is 421 g/mol. The fourth-order valence-corrected chi connectivity index (χ4v) is 3.39. The van der Waals surface area contributed by atoms with Crippen molar-refractivity contribution < 1.29 is 27.5 Å². The van der Waals surface area contributed by atoms with Gasteiger partial charge in [-0.05, 0) is 35.4 Å². The number of amides is 2. The molecule has 1 atom stereocenters. The molecule has 0 aliphatic heterocycles. The highest BCUT2D eigenvalue weighted by Crippen LogP contribution is 2.29. The first-order valence-electron chi connectivity index (χ1n) is 9.76. The zero-order chi connectivity index (χ0) is 23.1. The second kappa shape index (κ2) is 10.00. The van der Waals surface area contributed by atoms with Gasteiger partial charge in [-0.25, -0.2) is 0 Å². The number of alkyl halides is 3. The molecule has 166 valence electrons. The summed E-state index contributed by atoms with van der Waals surface area (Å²) in [6, 6.07) is 22.1. The quantitative estimate of drug-likeness (QED) is 0.575. The molecule has 0 fully saturated rings. The molecule has 0 aromatic heterocycles. The number of rotatable bonds is 7. The summed E-state index contributed by atoms with van der Waals surface area (Å²) >= 11 is 0. The van der Waals surface area contributed by atoms with E-state index in [0.29, 0.717) is 0 Å². The molecule has 5 nitrogen and oxygen atoms in total. The van der Waals surface area contributed by atoms with Crippen molar-refractivity contribution in [1.82, 2.24) is 10.6 Å². The van der Waals surface area contributed by atoms with Gasteiger partial charge in [0.2, 0.25) is 5.91 Å². The number of nitrogens with one attached hydrogen (secondary N) is 2. The maximum Gasteiger partial charge on any atom is 0.573 e. The van der Waals surface area contributed by atoms with Crippen molar-refractivity contribution in [2.75, 3.05) is 7.05 Å². The fourth-order valence-electron chi connectivity index (χ4n) is 3.39. The maximum absolute atomic E-state index is 12.9. The van der Waals surface area contributed by atoms with E-state index in [2.05, 4.69) is 15.4 Å². The summed E-state index contributed by atoms with van der Waals surface area (Å²) in [4.78, 5) is 25.7. The minimum absolute atomic E-state index is 0.0910. The first kappa shape index (κ1) is 22.9. The first-order valence-corrected chi connectivity index (χ1v) is 9.76. The molecule has 3 rings (SSSR count). The Labute approximate surface area is 183 Å². The monoisotopic (exact) mass is 442 g/mol. The molecule has 0 aliphatic rings. The number of carbonyl (C=O) groups is 2. The van der Waals surface area contributed by atoms with E-state index < -0.39 is 35.9 Å². The third-order valence-electron chi connectivity index (χ3n) is 4.82. The summed E-state index contributed by atoms with van der Waals surface area (Å²) in [6.45, 7) is 0. The molecular formula is C24H21F3N2O3. The normalized spacial score (nSPS) is 12.2. The Hall–Kier alpha value is -3.81. The molecule has 3 aromatic carbocycles. The lowest BCUT2D eigenvalue weighted by atomic mass is 9.84. The molecule has 8 heteroatoms. The Morgan fingerprint density at radius 3 is 1.75 bits per heavy atom. The Kier molecular flexibility index (Phi) is 7.14. The first-order chi connectivity index (χ1) is 15.3. The van der Waals surface area contributed by atoms with E-state index in [1.54, 1.807) is 0 Å². The number of hydrogen-bond donors (Lipinski definition) is 2. The van der Waals surface area contributed by atoms with Gasteiger partial charge in [-0.1, -0.05) is 60.7 Å². The van der Waals surface area contributed by atoms with Crippen LogP contribution in [0, 0.1) is 0 Å². The van der Waals surface area contributed by atoms with Crippen molar-refractivity contribution in [2.24, 2.45) is 0 Å². The summed E-state index contributed by atoms with van der Waals surface area (Å²) in [5.41, 5.74) is 1.73. The molecule has 0 heterocycles. The van der Waals surface area contributed by atoms with E-state index in [1.165, 1.54) is 19.2 Å². The lowest BCUT2D eigenvalue weighted by molar-refractivity contribution is -0.274. The van der Waals surface area contributed by atoms with Gasteiger partial charge in [0.05, 0.1) is 0 Å². The average molecular weight is 442 g/mol. The molecule has 2 amide bonds. The van der Waals surface area contributed by atoms with Gasteiger partial charge in [-0.3, -0.25) is 9.59 Å². The third kappa shape index (κ3) is 5.87. The Balaban J connectivity index is 1.91. The van der Waals surface area contributed by atoms with Crippen LogP contribution in [0.1, 0.15) is 27.4 Å². The lowest BCUT2D eigenvalue weighted by Crippen LogP contribution is -2.49. The van der Waals surface area contributed by atoms with Crippen molar-refractivity contribution in [3.63, 3.8) is 0 Å². The number of halogens is 3. The van der Waals surface area contributed by atoms with E-state index in [9.17, 15) is 22.8 Å². The van der Waals surface area contributed by atoms with Crippen LogP contribution in [0.3, 0.4) is 0 Å². The van der Waals surface area contributed by atoms with Crippen LogP contribution in [0.4, 0.5) is 13.2 Å². The van der Waals surface area contributed by atoms with Gasteiger partial charge in [0.1, 0.15) is 11.8 Å². The summed E-state index contributed by atoms with van der Waals surface area (Å²) in [7, 11) is 1.47. The Morgan fingerprint density at radius 1 is 0.812 bits per heavy atom. The van der Waals surface area contributed by atoms with E-state index in [4.69, 9.17) is 0 Å². The Bertz CT molecular complexity index is 1000. The lowest BCUT2D eigenvalue weighted by Gasteiger charge is -2.28. The SMILES string of the molecule is CNC(=O)[C@@H](NC(=O)c1ccc(OC(F)(F)F)cc1)C(c1ccccc1)c1ccccc1. The summed E-state index contributed by atoms with van der Waals surface area (Å²) < 4.78 is 40.9. The van der Waals surface area contributed by atoms with Gasteiger partial charge in [-0.15, -0.1) is 13.2 Å². The average Bonchev–Trinajstić information content (AvgIpc) is 2.79. The number of ether oxygens (including phenoxy) is 1. The molecule has 3 aromatic rings. The Morgan fingerprint density at radius 2 is 1.31 bits per heavy atom. The molecule has 0 saturated carbocycles. The third-order valence-corrected chi connectivity index (χ3v) is 4.82. The highest BCUT2D eigenvalue weighted by Gasteiger charge is 2.33. The summed E-state index contributed by atoms with van der Waals surface area (Å²) in [5, 5.41) is 5.31. The highest BCUT2D eigenvalue weighted by molar-refractivity contribution is 5.98. The maximum atomic E-state index is 12.9. The van der Waals surface area contributed by atoms with Crippen molar-refractivity contribution >= 4 is 11.8 Å². The van der Waals surface area contributed by atoms with E-state index in [0.717, 1.165) is 23.3 Å². The van der Waals surface area contributed by atoms with Crippen LogP contribution in [0.2, 0.25) is 0 Å².